The number of hydrogen-bond acceptors (Lipinski definition) is 5. The molecule has 0 bridgehead atoms. The van der Waals surface area contributed by atoms with Gasteiger partial charge >= 0.3 is 0 Å². The van der Waals surface area contributed by atoms with E-state index >= 15 is 0 Å². The summed E-state index contributed by atoms with van der Waals surface area (Å²) in [6.45, 7) is 8.39. The molecule has 0 N–H and O–H groups in total. The van der Waals surface area contributed by atoms with Crippen LogP contribution in [0.5, 0.6) is 0 Å². The highest BCUT2D eigenvalue weighted by molar-refractivity contribution is 7.99. The van der Waals surface area contributed by atoms with Crippen molar-refractivity contribution in [3.05, 3.63) is 29.6 Å². The number of nitrogens with zero attached hydrogens (tertiary/aromatic N) is 5. The van der Waals surface area contributed by atoms with E-state index in [2.05, 4.69) is 41.1 Å². The fourth-order valence-corrected chi connectivity index (χ4v) is 2.91. The summed E-state index contributed by atoms with van der Waals surface area (Å²) in [5, 5.41) is 13.1. The summed E-state index contributed by atoms with van der Waals surface area (Å²) in [6, 6.07) is 6.44. The molecular weight excluding hydrogens is 282 g/mol. The van der Waals surface area contributed by atoms with Crippen molar-refractivity contribution in [3.63, 3.8) is 0 Å². The first kappa shape index (κ1) is 15.8. The van der Waals surface area contributed by atoms with Gasteiger partial charge in [-0.2, -0.15) is 16.9 Å². The standard InChI is InChI=1S/C15H23N5S/c1-6-21-10-13(4)19(5)14-7-8-15(17-16-14)20-12(3)9-11(2)18-20/h7-9,13H,6,10H2,1-5H3/t13-/m1/s1. The van der Waals surface area contributed by atoms with E-state index in [0.29, 0.717) is 6.04 Å². The Labute approximate surface area is 130 Å². The van der Waals surface area contributed by atoms with E-state index in [4.69, 9.17) is 0 Å². The lowest BCUT2D eigenvalue weighted by Gasteiger charge is -2.25. The first-order valence-electron chi connectivity index (χ1n) is 7.21. The SMILES string of the molecule is CCSC[C@@H](C)N(C)c1ccc(-n2nc(C)cc2C)nn1. The number of aryl methyl sites for hydroxylation is 2. The minimum absolute atomic E-state index is 0.434. The molecule has 0 saturated heterocycles. The molecule has 0 spiro atoms. The van der Waals surface area contributed by atoms with Crippen LogP contribution in [-0.2, 0) is 0 Å². The smallest absolute Gasteiger partial charge is 0.176 e. The molecule has 2 aromatic rings. The van der Waals surface area contributed by atoms with E-state index in [-0.39, 0.29) is 0 Å². The average molecular weight is 305 g/mol. The Kier molecular flexibility index (Phi) is 5.22. The molecule has 114 valence electrons. The Morgan fingerprint density at radius 1 is 1.29 bits per heavy atom. The van der Waals surface area contributed by atoms with Gasteiger partial charge in [-0.3, -0.25) is 0 Å². The van der Waals surface area contributed by atoms with E-state index in [0.717, 1.165) is 34.5 Å². The highest BCUT2D eigenvalue weighted by Gasteiger charge is 2.12. The largest absolute Gasteiger partial charge is 0.355 e. The van der Waals surface area contributed by atoms with Crippen LogP contribution < -0.4 is 4.90 Å². The van der Waals surface area contributed by atoms with Crippen LogP contribution in [0.15, 0.2) is 18.2 Å². The molecule has 0 radical (unpaired) electrons. The normalized spacial score (nSPS) is 12.4. The molecule has 1 atom stereocenters. The zero-order valence-electron chi connectivity index (χ0n) is 13.4. The van der Waals surface area contributed by atoms with E-state index < -0.39 is 0 Å². The summed E-state index contributed by atoms with van der Waals surface area (Å²) >= 11 is 1.94. The van der Waals surface area contributed by atoms with Crippen molar-refractivity contribution in [2.75, 3.05) is 23.5 Å². The van der Waals surface area contributed by atoms with Crippen molar-refractivity contribution >= 4 is 17.6 Å². The molecule has 21 heavy (non-hydrogen) atoms. The Bertz CT molecular complexity index is 578. The maximum Gasteiger partial charge on any atom is 0.176 e. The lowest BCUT2D eigenvalue weighted by atomic mass is 10.3. The fourth-order valence-electron chi connectivity index (χ4n) is 2.11. The maximum absolute atomic E-state index is 4.43. The van der Waals surface area contributed by atoms with E-state index in [1.165, 1.54) is 0 Å². The third-order valence-corrected chi connectivity index (χ3v) is 4.58. The monoisotopic (exact) mass is 305 g/mol. The molecule has 0 fully saturated rings. The van der Waals surface area contributed by atoms with Crippen LogP contribution in [0.2, 0.25) is 0 Å². The van der Waals surface area contributed by atoms with Crippen molar-refractivity contribution in [3.8, 4) is 5.82 Å². The van der Waals surface area contributed by atoms with Crippen molar-refractivity contribution in [2.24, 2.45) is 0 Å². The topological polar surface area (TPSA) is 46.8 Å². The van der Waals surface area contributed by atoms with Crippen molar-refractivity contribution < 1.29 is 0 Å². The molecule has 0 aliphatic carbocycles. The lowest BCUT2D eigenvalue weighted by molar-refractivity contribution is 0.730. The Balaban J connectivity index is 2.13. The Morgan fingerprint density at radius 3 is 2.57 bits per heavy atom. The van der Waals surface area contributed by atoms with Gasteiger partial charge in [0.1, 0.15) is 0 Å². The Hall–Kier alpha value is -1.56. The quantitative estimate of drug-likeness (QED) is 0.821. The molecule has 6 heteroatoms. The van der Waals surface area contributed by atoms with Gasteiger partial charge in [0.2, 0.25) is 0 Å². The van der Waals surface area contributed by atoms with Crippen LogP contribution in [0.3, 0.4) is 0 Å². The third kappa shape index (κ3) is 3.75. The van der Waals surface area contributed by atoms with Gasteiger partial charge < -0.3 is 4.90 Å². The summed E-state index contributed by atoms with van der Waals surface area (Å²) < 4.78 is 1.82. The van der Waals surface area contributed by atoms with Gasteiger partial charge in [-0.15, -0.1) is 10.2 Å². The second kappa shape index (κ2) is 6.93. The molecule has 0 aliphatic heterocycles. The molecule has 0 aromatic carbocycles. The van der Waals surface area contributed by atoms with E-state index in [9.17, 15) is 0 Å². The summed E-state index contributed by atoms with van der Waals surface area (Å²) in [6.07, 6.45) is 0. The predicted octanol–water partition coefficient (Wildman–Crippen LogP) is 2.86. The lowest BCUT2D eigenvalue weighted by Crippen LogP contribution is -2.31. The highest BCUT2D eigenvalue weighted by atomic mass is 32.2. The predicted molar refractivity (Wildman–Crippen MR) is 89.5 cm³/mol. The fraction of sp³-hybridized carbons (Fsp3) is 0.533. The second-order valence-corrected chi connectivity index (χ2v) is 6.53. The molecule has 2 aromatic heterocycles. The van der Waals surface area contributed by atoms with Gasteiger partial charge in [-0.25, -0.2) is 4.68 Å². The number of hydrogen-bond donors (Lipinski definition) is 0. The minimum Gasteiger partial charge on any atom is -0.355 e. The van der Waals surface area contributed by atoms with Crippen LogP contribution in [-0.4, -0.2) is 44.6 Å². The Morgan fingerprint density at radius 2 is 2.05 bits per heavy atom. The zero-order valence-corrected chi connectivity index (χ0v) is 14.2. The van der Waals surface area contributed by atoms with Crippen LogP contribution in [0.1, 0.15) is 25.2 Å². The number of aromatic nitrogens is 4. The van der Waals surface area contributed by atoms with Crippen LogP contribution in [0.4, 0.5) is 5.82 Å². The molecule has 5 nitrogen and oxygen atoms in total. The van der Waals surface area contributed by atoms with Crippen molar-refractivity contribution in [2.45, 2.75) is 33.7 Å². The summed E-state index contributed by atoms with van der Waals surface area (Å²) in [7, 11) is 2.06. The van der Waals surface area contributed by atoms with Gasteiger partial charge in [0.15, 0.2) is 11.6 Å². The first-order chi connectivity index (χ1) is 10.0. The highest BCUT2D eigenvalue weighted by Crippen LogP contribution is 2.16. The van der Waals surface area contributed by atoms with Crippen molar-refractivity contribution in [1.29, 1.82) is 0 Å². The summed E-state index contributed by atoms with van der Waals surface area (Å²) in [4.78, 5) is 2.17. The number of thioether (sulfide) groups is 1. The van der Waals surface area contributed by atoms with Crippen LogP contribution in [0, 0.1) is 13.8 Å². The summed E-state index contributed by atoms with van der Waals surface area (Å²) in [5.41, 5.74) is 2.05. The van der Waals surface area contributed by atoms with Gasteiger partial charge in [-0.1, -0.05) is 6.92 Å². The summed E-state index contributed by atoms with van der Waals surface area (Å²) in [5.74, 6) is 3.88. The average Bonchev–Trinajstić information content (AvgIpc) is 2.83. The van der Waals surface area contributed by atoms with Crippen LogP contribution in [0.25, 0.3) is 5.82 Å². The van der Waals surface area contributed by atoms with E-state index in [1.54, 1.807) is 0 Å². The second-order valence-electron chi connectivity index (χ2n) is 5.21. The molecule has 0 saturated carbocycles. The van der Waals surface area contributed by atoms with Gasteiger partial charge in [-0.05, 0) is 44.7 Å². The molecule has 2 heterocycles. The zero-order chi connectivity index (χ0) is 15.4. The molecule has 0 aliphatic rings. The first-order valence-corrected chi connectivity index (χ1v) is 8.36. The molecular formula is C15H23N5S. The third-order valence-electron chi connectivity index (χ3n) is 3.45. The van der Waals surface area contributed by atoms with Gasteiger partial charge in [0, 0.05) is 24.5 Å². The van der Waals surface area contributed by atoms with Gasteiger partial charge in [0.05, 0.1) is 5.69 Å². The number of anilines is 1. The van der Waals surface area contributed by atoms with Crippen LogP contribution >= 0.6 is 11.8 Å². The molecule has 0 amide bonds. The number of rotatable bonds is 6. The van der Waals surface area contributed by atoms with E-state index in [1.807, 2.05) is 48.5 Å². The molecule has 0 unspecified atom stereocenters. The molecule has 2 rings (SSSR count). The maximum atomic E-state index is 4.43. The minimum atomic E-state index is 0.434. The van der Waals surface area contributed by atoms with Gasteiger partial charge in [0.25, 0.3) is 0 Å². The van der Waals surface area contributed by atoms with Crippen molar-refractivity contribution in [1.82, 2.24) is 20.0 Å².